The third-order valence-corrected chi connectivity index (χ3v) is 4.48. The number of aryl methyl sites for hydroxylation is 3. The molecule has 1 aromatic heterocycles. The van der Waals surface area contributed by atoms with Crippen molar-refractivity contribution >= 4 is 0 Å². The van der Waals surface area contributed by atoms with Gasteiger partial charge in [0, 0.05) is 5.69 Å². The number of nitrogens with one attached hydrogen (secondary N) is 1. The molecule has 0 fully saturated rings. The molecule has 0 aliphatic carbocycles. The molecule has 0 bridgehead atoms. The van der Waals surface area contributed by atoms with Crippen LogP contribution in [0, 0.1) is 34.6 Å². The summed E-state index contributed by atoms with van der Waals surface area (Å²) in [6, 6.07) is 7.03. The van der Waals surface area contributed by atoms with Crippen LogP contribution in [0.3, 0.4) is 0 Å². The minimum absolute atomic E-state index is 0.298. The summed E-state index contributed by atoms with van der Waals surface area (Å²) in [5.41, 5.74) is 7.72. The number of aromatic nitrogens is 2. The zero-order chi connectivity index (χ0) is 15.6. The fraction of sp³-hybridized carbons (Fsp3) is 0.500. The van der Waals surface area contributed by atoms with E-state index in [9.17, 15) is 0 Å². The first-order valence-corrected chi connectivity index (χ1v) is 7.75. The molecule has 1 aromatic carbocycles. The molecular formula is C18H27N3. The fourth-order valence-corrected chi connectivity index (χ4v) is 2.65. The summed E-state index contributed by atoms with van der Waals surface area (Å²) in [6.45, 7) is 14.7. The van der Waals surface area contributed by atoms with E-state index in [4.69, 9.17) is 0 Å². The Kier molecular flexibility index (Phi) is 4.84. The molecule has 0 saturated carbocycles. The summed E-state index contributed by atoms with van der Waals surface area (Å²) in [6.07, 6.45) is 0. The second-order valence-electron chi connectivity index (χ2n) is 5.93. The molecule has 3 heteroatoms. The number of hydrogen-bond donors (Lipinski definition) is 1. The smallest absolute Gasteiger partial charge is 0.0625 e. The summed E-state index contributed by atoms with van der Waals surface area (Å²) in [7, 11) is 0. The topological polar surface area (TPSA) is 29.9 Å². The van der Waals surface area contributed by atoms with Crippen LogP contribution in [-0.4, -0.2) is 16.3 Å². The van der Waals surface area contributed by atoms with Gasteiger partial charge >= 0.3 is 0 Å². The van der Waals surface area contributed by atoms with Gasteiger partial charge < -0.3 is 5.32 Å². The molecule has 0 amide bonds. The van der Waals surface area contributed by atoms with E-state index >= 15 is 0 Å². The molecule has 1 atom stereocenters. The van der Waals surface area contributed by atoms with Crippen molar-refractivity contribution in [2.24, 2.45) is 0 Å². The minimum atomic E-state index is 0.298. The quantitative estimate of drug-likeness (QED) is 0.906. The molecule has 114 valence electrons. The summed E-state index contributed by atoms with van der Waals surface area (Å²) < 4.78 is 2.13. The van der Waals surface area contributed by atoms with Crippen LogP contribution in [-0.2, 0) is 6.54 Å². The second-order valence-corrected chi connectivity index (χ2v) is 5.93. The van der Waals surface area contributed by atoms with Crippen LogP contribution < -0.4 is 5.32 Å². The van der Waals surface area contributed by atoms with E-state index < -0.39 is 0 Å². The number of hydrogen-bond acceptors (Lipinski definition) is 2. The van der Waals surface area contributed by atoms with Crippen molar-refractivity contribution < 1.29 is 0 Å². The summed E-state index contributed by atoms with van der Waals surface area (Å²) >= 11 is 0. The van der Waals surface area contributed by atoms with E-state index in [0.29, 0.717) is 6.04 Å². The van der Waals surface area contributed by atoms with Crippen LogP contribution in [0.4, 0.5) is 0 Å². The zero-order valence-corrected chi connectivity index (χ0v) is 14.1. The molecule has 2 aromatic rings. The maximum absolute atomic E-state index is 4.67. The summed E-state index contributed by atoms with van der Waals surface area (Å²) in [5.74, 6) is 0. The molecular weight excluding hydrogens is 258 g/mol. The second kappa shape index (κ2) is 6.44. The first-order valence-electron chi connectivity index (χ1n) is 7.75. The van der Waals surface area contributed by atoms with Gasteiger partial charge in [-0.1, -0.05) is 25.1 Å². The van der Waals surface area contributed by atoms with E-state index in [1.807, 2.05) is 0 Å². The Morgan fingerprint density at radius 3 is 2.33 bits per heavy atom. The van der Waals surface area contributed by atoms with Crippen molar-refractivity contribution in [3.05, 3.63) is 51.8 Å². The Balaban J connectivity index is 2.30. The van der Waals surface area contributed by atoms with Gasteiger partial charge in [-0.15, -0.1) is 0 Å². The van der Waals surface area contributed by atoms with Gasteiger partial charge in [0.25, 0.3) is 0 Å². The summed E-state index contributed by atoms with van der Waals surface area (Å²) in [5, 5.41) is 8.26. The van der Waals surface area contributed by atoms with Crippen molar-refractivity contribution in [3.8, 4) is 0 Å². The lowest BCUT2D eigenvalue weighted by Gasteiger charge is -2.20. The number of benzene rings is 1. The van der Waals surface area contributed by atoms with E-state index in [1.165, 1.54) is 27.9 Å². The zero-order valence-electron chi connectivity index (χ0n) is 14.1. The largest absolute Gasteiger partial charge is 0.309 e. The molecule has 0 radical (unpaired) electrons. The van der Waals surface area contributed by atoms with Crippen molar-refractivity contribution in [1.29, 1.82) is 0 Å². The van der Waals surface area contributed by atoms with Crippen LogP contribution in [0.15, 0.2) is 18.2 Å². The van der Waals surface area contributed by atoms with Gasteiger partial charge in [0.05, 0.1) is 18.3 Å². The molecule has 2 rings (SSSR count). The van der Waals surface area contributed by atoms with Crippen molar-refractivity contribution in [2.75, 3.05) is 6.54 Å². The van der Waals surface area contributed by atoms with Crippen molar-refractivity contribution in [3.63, 3.8) is 0 Å². The molecule has 1 heterocycles. The number of nitrogens with zero attached hydrogens (tertiary/aromatic N) is 2. The average Bonchev–Trinajstić information content (AvgIpc) is 2.69. The molecule has 0 spiro atoms. The van der Waals surface area contributed by atoms with Crippen molar-refractivity contribution in [2.45, 2.75) is 54.1 Å². The molecule has 1 N–H and O–H groups in total. The van der Waals surface area contributed by atoms with Crippen molar-refractivity contribution in [1.82, 2.24) is 15.1 Å². The van der Waals surface area contributed by atoms with Crippen LogP contribution in [0.5, 0.6) is 0 Å². The Bertz CT molecular complexity index is 626. The van der Waals surface area contributed by atoms with E-state index in [-0.39, 0.29) is 0 Å². The highest BCUT2D eigenvalue weighted by Gasteiger charge is 2.15. The predicted octanol–water partition coefficient (Wildman–Crippen LogP) is 3.78. The monoisotopic (exact) mass is 285 g/mol. The van der Waals surface area contributed by atoms with Gasteiger partial charge in [-0.25, -0.2) is 0 Å². The normalized spacial score (nSPS) is 12.7. The van der Waals surface area contributed by atoms with Crippen LogP contribution in [0.2, 0.25) is 0 Å². The van der Waals surface area contributed by atoms with Crippen LogP contribution >= 0.6 is 0 Å². The Hall–Kier alpha value is -1.61. The lowest BCUT2D eigenvalue weighted by Crippen LogP contribution is -2.26. The first kappa shape index (κ1) is 15.8. The number of likely N-dealkylation sites (N-methyl/N-ethyl adjacent to an activating group) is 1. The van der Waals surface area contributed by atoms with Gasteiger partial charge in [0.15, 0.2) is 0 Å². The third-order valence-electron chi connectivity index (χ3n) is 4.48. The van der Waals surface area contributed by atoms with E-state index in [2.05, 4.69) is 74.8 Å². The molecule has 3 nitrogen and oxygen atoms in total. The molecule has 21 heavy (non-hydrogen) atoms. The van der Waals surface area contributed by atoms with Gasteiger partial charge in [-0.05, 0) is 63.4 Å². The van der Waals surface area contributed by atoms with E-state index in [1.54, 1.807) is 0 Å². The molecule has 0 saturated heterocycles. The maximum atomic E-state index is 4.67. The molecule has 1 unspecified atom stereocenters. The maximum Gasteiger partial charge on any atom is 0.0625 e. The average molecular weight is 285 g/mol. The van der Waals surface area contributed by atoms with E-state index in [0.717, 1.165) is 18.8 Å². The van der Waals surface area contributed by atoms with Gasteiger partial charge in [-0.3, -0.25) is 4.68 Å². The Morgan fingerprint density at radius 2 is 1.81 bits per heavy atom. The lowest BCUT2D eigenvalue weighted by atomic mass is 10.0. The SMILES string of the molecule is CCNC(Cn1nc(C)c(C)c1C)c1ccc(C)c(C)c1. The van der Waals surface area contributed by atoms with Gasteiger partial charge in [-0.2, -0.15) is 5.10 Å². The van der Waals surface area contributed by atoms with Gasteiger partial charge in [0.2, 0.25) is 0 Å². The Morgan fingerprint density at radius 1 is 1.10 bits per heavy atom. The fourth-order valence-electron chi connectivity index (χ4n) is 2.65. The lowest BCUT2D eigenvalue weighted by molar-refractivity contribution is 0.440. The van der Waals surface area contributed by atoms with Crippen LogP contribution in [0.1, 0.15) is 46.6 Å². The third kappa shape index (κ3) is 3.35. The minimum Gasteiger partial charge on any atom is -0.309 e. The highest BCUT2D eigenvalue weighted by Crippen LogP contribution is 2.21. The number of rotatable bonds is 5. The van der Waals surface area contributed by atoms with Crippen LogP contribution in [0.25, 0.3) is 0 Å². The first-order chi connectivity index (χ1) is 9.93. The molecule has 0 aliphatic rings. The highest BCUT2D eigenvalue weighted by atomic mass is 15.3. The predicted molar refractivity (Wildman–Crippen MR) is 88.8 cm³/mol. The highest BCUT2D eigenvalue weighted by molar-refractivity contribution is 5.32. The molecule has 0 aliphatic heterocycles. The van der Waals surface area contributed by atoms with Gasteiger partial charge in [0.1, 0.15) is 0 Å². The Labute approximate surface area is 128 Å². The standard InChI is InChI=1S/C18H27N3/c1-7-19-18(17-9-8-12(2)13(3)10-17)11-21-16(6)14(4)15(5)20-21/h8-10,18-19H,7,11H2,1-6H3. The summed E-state index contributed by atoms with van der Waals surface area (Å²) in [4.78, 5) is 0.